The van der Waals surface area contributed by atoms with Crippen LogP contribution >= 0.6 is 15.9 Å². The average molecular weight is 377 g/mol. The lowest BCUT2D eigenvalue weighted by Gasteiger charge is -2.17. The number of anilines is 1. The maximum Gasteiger partial charge on any atom is 0.313 e. The number of halogens is 1. The van der Waals surface area contributed by atoms with E-state index in [2.05, 4.69) is 21.2 Å². The van der Waals surface area contributed by atoms with E-state index in [-0.39, 0.29) is 0 Å². The Morgan fingerprint density at radius 3 is 2.52 bits per heavy atom. The first-order chi connectivity index (χ1) is 11.0. The first-order valence-corrected chi connectivity index (χ1v) is 7.74. The topological polar surface area (TPSA) is 58.6 Å². The van der Waals surface area contributed by atoms with Crippen molar-refractivity contribution in [2.75, 3.05) is 19.5 Å². The van der Waals surface area contributed by atoms with Crippen LogP contribution in [0.5, 0.6) is 5.75 Å². The lowest BCUT2D eigenvalue weighted by molar-refractivity contribution is -0.142. The molecule has 120 valence electrons. The molecule has 6 heteroatoms. The quantitative estimate of drug-likeness (QED) is 0.834. The molecule has 0 fully saturated rings. The fraction of sp³-hybridized carbons (Fsp3) is 0.176. The van der Waals surface area contributed by atoms with E-state index in [1.54, 1.807) is 31.3 Å². The zero-order valence-corrected chi connectivity index (χ0v) is 14.5. The highest BCUT2D eigenvalue weighted by Crippen LogP contribution is 2.17. The fourth-order valence-corrected chi connectivity index (χ4v) is 2.26. The molecule has 2 aromatic carbocycles. The molecule has 0 aliphatic carbocycles. The highest BCUT2D eigenvalue weighted by atomic mass is 79.9. The minimum Gasteiger partial charge on any atom is -0.497 e. The Morgan fingerprint density at radius 1 is 1.17 bits per heavy atom. The summed E-state index contributed by atoms with van der Waals surface area (Å²) < 4.78 is 6.05. The van der Waals surface area contributed by atoms with Crippen LogP contribution in [0.15, 0.2) is 53.0 Å². The number of hydrogen-bond acceptors (Lipinski definition) is 3. The number of rotatable bonds is 4. The summed E-state index contributed by atoms with van der Waals surface area (Å²) in [4.78, 5) is 25.6. The SMILES string of the molecule is COc1cccc(NC(=O)C(=O)N(C)Cc2ccc(Br)cc2)c1. The molecule has 0 aromatic heterocycles. The van der Waals surface area contributed by atoms with Crippen LogP contribution < -0.4 is 10.1 Å². The van der Waals surface area contributed by atoms with Gasteiger partial charge >= 0.3 is 11.8 Å². The third-order valence-corrected chi connectivity index (χ3v) is 3.73. The Balaban J connectivity index is 1.98. The highest BCUT2D eigenvalue weighted by Gasteiger charge is 2.19. The molecule has 0 aliphatic rings. The Hall–Kier alpha value is -2.34. The van der Waals surface area contributed by atoms with Gasteiger partial charge in [0, 0.05) is 29.8 Å². The fourth-order valence-electron chi connectivity index (χ4n) is 1.99. The van der Waals surface area contributed by atoms with E-state index in [1.807, 2.05) is 24.3 Å². The summed E-state index contributed by atoms with van der Waals surface area (Å²) in [6.07, 6.45) is 0. The third kappa shape index (κ3) is 4.82. The van der Waals surface area contributed by atoms with Crippen LogP contribution in [-0.4, -0.2) is 30.9 Å². The molecule has 23 heavy (non-hydrogen) atoms. The molecule has 0 radical (unpaired) electrons. The molecular formula is C17H17BrN2O3. The van der Waals surface area contributed by atoms with Crippen LogP contribution in [0.4, 0.5) is 5.69 Å². The summed E-state index contributed by atoms with van der Waals surface area (Å²) >= 11 is 3.36. The molecule has 0 heterocycles. The van der Waals surface area contributed by atoms with Gasteiger partial charge in [0.1, 0.15) is 5.75 Å². The van der Waals surface area contributed by atoms with Gasteiger partial charge in [0.15, 0.2) is 0 Å². The van der Waals surface area contributed by atoms with E-state index in [1.165, 1.54) is 12.0 Å². The molecule has 0 saturated heterocycles. The monoisotopic (exact) mass is 376 g/mol. The van der Waals surface area contributed by atoms with Crippen molar-refractivity contribution in [3.63, 3.8) is 0 Å². The predicted octanol–water partition coefficient (Wildman–Crippen LogP) is 3.05. The maximum absolute atomic E-state index is 12.1. The summed E-state index contributed by atoms with van der Waals surface area (Å²) in [6, 6.07) is 14.4. The first-order valence-electron chi connectivity index (χ1n) is 6.94. The number of nitrogens with one attached hydrogen (secondary N) is 1. The van der Waals surface area contributed by atoms with Crippen LogP contribution in [0.1, 0.15) is 5.56 Å². The predicted molar refractivity (Wildman–Crippen MR) is 92.2 cm³/mol. The van der Waals surface area contributed by atoms with Gasteiger partial charge in [0.25, 0.3) is 0 Å². The molecule has 2 rings (SSSR count). The summed E-state index contributed by atoms with van der Waals surface area (Å²) in [7, 11) is 3.13. The molecule has 0 bridgehead atoms. The summed E-state index contributed by atoms with van der Waals surface area (Å²) in [5, 5.41) is 2.57. The lowest BCUT2D eigenvalue weighted by atomic mass is 10.2. The molecule has 2 aromatic rings. The van der Waals surface area contributed by atoms with Crippen LogP contribution in [0.25, 0.3) is 0 Å². The van der Waals surface area contributed by atoms with Crippen molar-refractivity contribution < 1.29 is 14.3 Å². The third-order valence-electron chi connectivity index (χ3n) is 3.20. The van der Waals surface area contributed by atoms with Gasteiger partial charge in [0.05, 0.1) is 7.11 Å². The molecule has 2 amide bonds. The molecule has 1 N–H and O–H groups in total. The van der Waals surface area contributed by atoms with E-state index >= 15 is 0 Å². The van der Waals surface area contributed by atoms with E-state index in [0.717, 1.165) is 10.0 Å². The largest absolute Gasteiger partial charge is 0.497 e. The van der Waals surface area contributed by atoms with Gasteiger partial charge in [-0.3, -0.25) is 9.59 Å². The molecule has 0 atom stereocenters. The van der Waals surface area contributed by atoms with E-state index in [4.69, 9.17) is 4.74 Å². The van der Waals surface area contributed by atoms with Gasteiger partial charge < -0.3 is 15.0 Å². The second-order valence-electron chi connectivity index (χ2n) is 4.97. The summed E-state index contributed by atoms with van der Waals surface area (Å²) in [5.41, 5.74) is 1.46. The van der Waals surface area contributed by atoms with Crippen LogP contribution in [0, 0.1) is 0 Å². The van der Waals surface area contributed by atoms with Gasteiger partial charge in [-0.2, -0.15) is 0 Å². The van der Waals surface area contributed by atoms with Gasteiger partial charge in [-0.05, 0) is 29.8 Å². The van der Waals surface area contributed by atoms with Crippen molar-refractivity contribution >= 4 is 33.4 Å². The number of carbonyl (C=O) groups excluding carboxylic acids is 2. The minimum absolute atomic E-state index is 0.359. The highest BCUT2D eigenvalue weighted by molar-refractivity contribution is 9.10. The zero-order valence-electron chi connectivity index (χ0n) is 12.9. The standard InChI is InChI=1S/C17H17BrN2O3/c1-20(11-12-6-8-13(18)9-7-12)17(22)16(21)19-14-4-3-5-15(10-14)23-2/h3-10H,11H2,1-2H3,(H,19,21). The van der Waals surface area contributed by atoms with Gasteiger partial charge in [-0.15, -0.1) is 0 Å². The Labute approximate surface area is 143 Å². The number of benzene rings is 2. The molecular weight excluding hydrogens is 360 g/mol. The number of nitrogens with zero attached hydrogens (tertiary/aromatic N) is 1. The first kappa shape index (κ1) is 17.0. The van der Waals surface area contributed by atoms with Gasteiger partial charge in [-0.1, -0.05) is 34.1 Å². The average Bonchev–Trinajstić information content (AvgIpc) is 2.56. The van der Waals surface area contributed by atoms with Crippen molar-refractivity contribution in [3.05, 3.63) is 58.6 Å². The lowest BCUT2D eigenvalue weighted by Crippen LogP contribution is -2.36. The Bertz CT molecular complexity index is 701. The number of likely N-dealkylation sites (N-methyl/N-ethyl adjacent to an activating group) is 1. The zero-order chi connectivity index (χ0) is 16.8. The Kier molecular flexibility index (Phi) is 5.76. The number of hydrogen-bond donors (Lipinski definition) is 1. The van der Waals surface area contributed by atoms with Gasteiger partial charge in [-0.25, -0.2) is 0 Å². The van der Waals surface area contributed by atoms with Crippen LogP contribution in [-0.2, 0) is 16.1 Å². The second-order valence-corrected chi connectivity index (χ2v) is 5.89. The molecule has 0 unspecified atom stereocenters. The van der Waals surface area contributed by atoms with Crippen LogP contribution in [0.3, 0.4) is 0 Å². The van der Waals surface area contributed by atoms with Gasteiger partial charge in [0.2, 0.25) is 0 Å². The van der Waals surface area contributed by atoms with Crippen molar-refractivity contribution in [3.8, 4) is 5.75 Å². The number of amides is 2. The molecule has 0 saturated carbocycles. The van der Waals surface area contributed by atoms with Crippen molar-refractivity contribution in [1.82, 2.24) is 4.90 Å². The minimum atomic E-state index is -0.683. The van der Waals surface area contributed by atoms with Crippen molar-refractivity contribution in [2.24, 2.45) is 0 Å². The van der Waals surface area contributed by atoms with E-state index in [0.29, 0.717) is 18.0 Å². The number of methoxy groups -OCH3 is 1. The number of ether oxygens (including phenoxy) is 1. The Morgan fingerprint density at radius 2 is 1.87 bits per heavy atom. The normalized spacial score (nSPS) is 10.0. The van der Waals surface area contributed by atoms with Crippen LogP contribution in [0.2, 0.25) is 0 Å². The van der Waals surface area contributed by atoms with Crippen molar-refractivity contribution in [1.29, 1.82) is 0 Å². The van der Waals surface area contributed by atoms with E-state index < -0.39 is 11.8 Å². The smallest absolute Gasteiger partial charge is 0.313 e. The summed E-state index contributed by atoms with van der Waals surface area (Å²) in [5.74, 6) is -0.674. The van der Waals surface area contributed by atoms with E-state index in [9.17, 15) is 9.59 Å². The molecule has 0 aliphatic heterocycles. The second kappa shape index (κ2) is 7.78. The molecule has 5 nitrogen and oxygen atoms in total. The molecule has 0 spiro atoms. The maximum atomic E-state index is 12.1. The summed E-state index contributed by atoms with van der Waals surface area (Å²) in [6.45, 7) is 0.359. The number of carbonyl (C=O) groups is 2. The van der Waals surface area contributed by atoms with Crippen molar-refractivity contribution in [2.45, 2.75) is 6.54 Å².